The van der Waals surface area contributed by atoms with Crippen LogP contribution >= 0.6 is 12.2 Å². The van der Waals surface area contributed by atoms with Gasteiger partial charge in [0.25, 0.3) is 5.78 Å². The minimum atomic E-state index is 0.479. The van der Waals surface area contributed by atoms with Crippen molar-refractivity contribution in [1.29, 1.82) is 0 Å². The molecule has 62 valence electrons. The van der Waals surface area contributed by atoms with Gasteiger partial charge in [-0.25, -0.2) is 9.50 Å². The summed E-state index contributed by atoms with van der Waals surface area (Å²) < 4.78 is 7.11. The predicted molar refractivity (Wildman–Crippen MR) is 44.7 cm³/mol. The molecule has 1 N–H and O–H groups in total. The monoisotopic (exact) mass is 182 g/mol. The van der Waals surface area contributed by atoms with Crippen molar-refractivity contribution in [2.45, 2.75) is 0 Å². The van der Waals surface area contributed by atoms with E-state index in [-0.39, 0.29) is 0 Å². The fourth-order valence-electron chi connectivity index (χ4n) is 0.906. The average Bonchev–Trinajstić information content (AvgIpc) is 2.52. The lowest BCUT2D eigenvalue weighted by molar-refractivity contribution is 0.397. The summed E-state index contributed by atoms with van der Waals surface area (Å²) in [5, 5.41) is 2.82. The summed E-state index contributed by atoms with van der Waals surface area (Å²) in [6, 6.07) is 1.65. The van der Waals surface area contributed by atoms with E-state index in [2.05, 4.69) is 15.1 Å². The second-order valence-corrected chi connectivity index (χ2v) is 2.58. The zero-order valence-electron chi connectivity index (χ0n) is 6.31. The van der Waals surface area contributed by atoms with Gasteiger partial charge in [0.1, 0.15) is 11.0 Å². The van der Waals surface area contributed by atoms with Crippen LogP contribution in [0.1, 0.15) is 0 Å². The van der Waals surface area contributed by atoms with Gasteiger partial charge < -0.3 is 4.74 Å². The lowest BCUT2D eigenvalue weighted by atomic mass is 10.6. The Bertz CT molecular complexity index is 460. The quantitative estimate of drug-likeness (QED) is 0.662. The first-order chi connectivity index (χ1) is 5.81. The van der Waals surface area contributed by atoms with Gasteiger partial charge in [-0.05, 0) is 0 Å². The number of hydrogen-bond donors (Lipinski definition) is 1. The molecule has 2 aromatic rings. The fraction of sp³-hybridized carbons (Fsp3) is 0.167. The van der Waals surface area contributed by atoms with Crippen molar-refractivity contribution in [2.75, 3.05) is 7.11 Å². The molecule has 6 heteroatoms. The van der Waals surface area contributed by atoms with Gasteiger partial charge in [0.2, 0.25) is 5.88 Å². The standard InChI is InChI=1S/C6H6N4OS/c1-11-4-2-5(12)10-6(9-4)7-3-8-10/h2-3H,1H3,(H,7,8,9). The Hall–Kier alpha value is -1.43. The lowest BCUT2D eigenvalue weighted by Crippen LogP contribution is -1.95. The van der Waals surface area contributed by atoms with E-state index in [1.807, 2.05) is 0 Å². The summed E-state index contributed by atoms with van der Waals surface area (Å²) in [6.45, 7) is 0. The molecule has 0 saturated carbocycles. The van der Waals surface area contributed by atoms with Crippen LogP contribution in [0.4, 0.5) is 0 Å². The van der Waals surface area contributed by atoms with Crippen molar-refractivity contribution >= 4 is 18.0 Å². The van der Waals surface area contributed by atoms with Crippen LogP contribution in [-0.2, 0) is 0 Å². The van der Waals surface area contributed by atoms with E-state index in [0.717, 1.165) is 0 Å². The summed E-state index contributed by atoms with van der Waals surface area (Å²) in [5.41, 5.74) is 0. The predicted octanol–water partition coefficient (Wildman–Crippen LogP) is 0.795. The number of ether oxygens (including phenoxy) is 1. The first-order valence-electron chi connectivity index (χ1n) is 3.28. The van der Waals surface area contributed by atoms with E-state index in [1.165, 1.54) is 6.33 Å². The molecule has 0 unspecified atom stereocenters. The molecule has 5 nitrogen and oxygen atoms in total. The van der Waals surface area contributed by atoms with Crippen LogP contribution in [-0.4, -0.2) is 26.7 Å². The van der Waals surface area contributed by atoms with Crippen molar-refractivity contribution in [3.8, 4) is 5.88 Å². The molecule has 12 heavy (non-hydrogen) atoms. The fourth-order valence-corrected chi connectivity index (χ4v) is 1.14. The molecule has 0 aliphatic carbocycles. The molecular weight excluding hydrogens is 176 g/mol. The number of aromatic nitrogens is 4. The molecule has 0 aliphatic heterocycles. The van der Waals surface area contributed by atoms with Crippen molar-refractivity contribution in [2.24, 2.45) is 0 Å². The SMILES string of the molecule is COc1cc(=S)n2[nH]cnc2n1. The second kappa shape index (κ2) is 2.56. The topological polar surface area (TPSA) is 55.2 Å². The van der Waals surface area contributed by atoms with Gasteiger partial charge in [-0.3, -0.25) is 5.10 Å². The first kappa shape index (κ1) is 7.23. The minimum absolute atomic E-state index is 0.479. The Balaban J connectivity index is 2.84. The first-order valence-corrected chi connectivity index (χ1v) is 3.69. The normalized spacial score (nSPS) is 10.4. The van der Waals surface area contributed by atoms with Gasteiger partial charge in [0.15, 0.2) is 0 Å². The van der Waals surface area contributed by atoms with Crippen molar-refractivity contribution in [3.05, 3.63) is 17.0 Å². The molecule has 0 radical (unpaired) electrons. The molecular formula is C6H6N4OS. The van der Waals surface area contributed by atoms with E-state index < -0.39 is 0 Å². The maximum absolute atomic E-state index is 5.03. The number of nitrogens with one attached hydrogen (secondary N) is 1. The Morgan fingerprint density at radius 2 is 2.50 bits per heavy atom. The van der Waals surface area contributed by atoms with E-state index >= 15 is 0 Å². The third kappa shape index (κ3) is 0.964. The zero-order valence-corrected chi connectivity index (χ0v) is 7.13. The van der Waals surface area contributed by atoms with E-state index in [9.17, 15) is 0 Å². The average molecular weight is 182 g/mol. The smallest absolute Gasteiger partial charge is 0.254 e. The van der Waals surface area contributed by atoms with Crippen molar-refractivity contribution in [1.82, 2.24) is 19.6 Å². The molecule has 0 aromatic carbocycles. The number of fused-ring (bicyclic) bond motifs is 1. The van der Waals surface area contributed by atoms with E-state index in [0.29, 0.717) is 16.3 Å². The van der Waals surface area contributed by atoms with Gasteiger partial charge in [-0.2, -0.15) is 4.98 Å². The molecule has 0 amide bonds. The third-order valence-corrected chi connectivity index (χ3v) is 1.75. The number of H-pyrrole nitrogens is 1. The Kier molecular flexibility index (Phi) is 1.54. The van der Waals surface area contributed by atoms with Crippen LogP contribution in [0.15, 0.2) is 12.4 Å². The highest BCUT2D eigenvalue weighted by molar-refractivity contribution is 7.71. The molecule has 2 aromatic heterocycles. The molecule has 0 bridgehead atoms. The number of nitrogens with zero attached hydrogens (tertiary/aromatic N) is 3. The molecule has 0 aliphatic rings. The maximum Gasteiger partial charge on any atom is 0.254 e. The van der Waals surface area contributed by atoms with Crippen molar-refractivity contribution in [3.63, 3.8) is 0 Å². The summed E-state index contributed by atoms with van der Waals surface area (Å²) in [7, 11) is 1.54. The van der Waals surface area contributed by atoms with Crippen LogP contribution in [0.25, 0.3) is 5.78 Å². The Morgan fingerprint density at radius 3 is 3.25 bits per heavy atom. The molecule has 2 rings (SSSR count). The summed E-state index contributed by atoms with van der Waals surface area (Å²) in [4.78, 5) is 7.98. The van der Waals surface area contributed by atoms with Gasteiger partial charge in [0, 0.05) is 6.07 Å². The molecule has 0 atom stereocenters. The Labute approximate surface area is 73.0 Å². The number of rotatable bonds is 1. The highest BCUT2D eigenvalue weighted by atomic mass is 32.1. The molecule has 2 heterocycles. The summed E-state index contributed by atoms with van der Waals surface area (Å²) >= 11 is 5.03. The highest BCUT2D eigenvalue weighted by Crippen LogP contribution is 2.06. The maximum atomic E-state index is 5.03. The van der Waals surface area contributed by atoms with Crippen LogP contribution in [0.5, 0.6) is 5.88 Å². The van der Waals surface area contributed by atoms with Crippen LogP contribution in [0.3, 0.4) is 0 Å². The van der Waals surface area contributed by atoms with Crippen LogP contribution in [0, 0.1) is 4.64 Å². The zero-order chi connectivity index (χ0) is 8.55. The van der Waals surface area contributed by atoms with Crippen LogP contribution in [0.2, 0.25) is 0 Å². The molecule has 0 spiro atoms. The van der Waals surface area contributed by atoms with Crippen molar-refractivity contribution < 1.29 is 4.74 Å². The summed E-state index contributed by atoms with van der Waals surface area (Å²) in [5.74, 6) is 0.992. The van der Waals surface area contributed by atoms with E-state index in [1.54, 1.807) is 17.7 Å². The second-order valence-electron chi connectivity index (χ2n) is 2.16. The van der Waals surface area contributed by atoms with Gasteiger partial charge in [-0.1, -0.05) is 12.2 Å². The molecule has 0 saturated heterocycles. The Morgan fingerprint density at radius 1 is 1.67 bits per heavy atom. The minimum Gasteiger partial charge on any atom is -0.481 e. The lowest BCUT2D eigenvalue weighted by Gasteiger charge is -1.97. The van der Waals surface area contributed by atoms with Gasteiger partial charge >= 0.3 is 0 Å². The van der Waals surface area contributed by atoms with Crippen LogP contribution < -0.4 is 4.74 Å². The summed E-state index contributed by atoms with van der Waals surface area (Å²) in [6.07, 6.45) is 1.53. The highest BCUT2D eigenvalue weighted by Gasteiger charge is 1.99. The largest absolute Gasteiger partial charge is 0.481 e. The number of aromatic amines is 1. The molecule has 0 fully saturated rings. The number of hydrogen-bond acceptors (Lipinski definition) is 4. The van der Waals surface area contributed by atoms with E-state index in [4.69, 9.17) is 17.0 Å². The third-order valence-electron chi connectivity index (χ3n) is 1.45. The van der Waals surface area contributed by atoms with Gasteiger partial charge in [-0.15, -0.1) is 0 Å². The number of methoxy groups -OCH3 is 1. The van der Waals surface area contributed by atoms with Gasteiger partial charge in [0.05, 0.1) is 7.11 Å².